The molecule has 1 aromatic rings. The van der Waals surface area contributed by atoms with E-state index in [4.69, 9.17) is 6.42 Å². The maximum atomic E-state index is 14.5. The van der Waals surface area contributed by atoms with E-state index in [1.165, 1.54) is 4.90 Å². The van der Waals surface area contributed by atoms with Crippen LogP contribution in [0.4, 0.5) is 4.79 Å². The molecule has 1 aromatic carbocycles. The van der Waals surface area contributed by atoms with Crippen molar-refractivity contribution in [3.05, 3.63) is 30.3 Å². The average Bonchev–Trinajstić information content (AvgIpc) is 3.37. The third-order valence-corrected chi connectivity index (χ3v) is 12.8. The lowest BCUT2D eigenvalue weighted by Gasteiger charge is -2.40. The largest absolute Gasteiger partial charge is 0.348 e. The summed E-state index contributed by atoms with van der Waals surface area (Å²) >= 11 is 0. The van der Waals surface area contributed by atoms with Crippen LogP contribution in [0.5, 0.6) is 0 Å². The molecular formula is C38H55N5O7S. The number of piperidine rings is 1. The standard InChI is InChI=1S/C38H55N5O7S/c1-8-10-22-39-33(46)30(44)27(17-9-2)40-32(45)29-28-26(37(28,6)7)23-43(29)34(47)31(36(3,4)5)41-35(48)42-38(20-15-12-16-21-38)24-51(49,50)25-18-13-11-14-19-25/h1,11,13-14,18-19,26-29,31H,9-10,12,15-17,20-24H2,2-7H3,(H,39,46)(H,40,45)(H2,41,42,48)/t26?,27-,28-,29+,31-/m1/s1. The molecule has 0 aromatic heterocycles. The van der Waals surface area contributed by atoms with Crippen LogP contribution >= 0.6 is 0 Å². The minimum absolute atomic E-state index is 0.0349. The van der Waals surface area contributed by atoms with E-state index in [-0.39, 0.29) is 47.3 Å². The highest BCUT2D eigenvalue weighted by molar-refractivity contribution is 7.91. The van der Waals surface area contributed by atoms with Gasteiger partial charge in [-0.05, 0) is 54.1 Å². The van der Waals surface area contributed by atoms with Crippen molar-refractivity contribution in [1.29, 1.82) is 0 Å². The zero-order chi connectivity index (χ0) is 37.8. The number of ketones is 1. The third kappa shape index (κ3) is 9.12. The number of rotatable bonds is 14. The predicted octanol–water partition coefficient (Wildman–Crippen LogP) is 3.35. The van der Waals surface area contributed by atoms with Gasteiger partial charge < -0.3 is 26.2 Å². The number of terminal acetylenes is 1. The van der Waals surface area contributed by atoms with Gasteiger partial charge in [0.05, 0.1) is 22.2 Å². The molecule has 1 saturated heterocycles. The molecular weight excluding hydrogens is 671 g/mol. The molecule has 1 aliphatic heterocycles. The highest BCUT2D eigenvalue weighted by Gasteiger charge is 2.70. The highest BCUT2D eigenvalue weighted by atomic mass is 32.2. The monoisotopic (exact) mass is 725 g/mol. The summed E-state index contributed by atoms with van der Waals surface area (Å²) < 4.78 is 26.9. The number of carbonyl (C=O) groups excluding carboxylic acids is 5. The second-order valence-electron chi connectivity index (χ2n) is 16.1. The van der Waals surface area contributed by atoms with E-state index in [1.54, 1.807) is 30.3 Å². The number of nitrogens with zero attached hydrogens (tertiary/aromatic N) is 1. The summed E-state index contributed by atoms with van der Waals surface area (Å²) in [4.78, 5) is 69.7. The summed E-state index contributed by atoms with van der Waals surface area (Å²) in [5, 5.41) is 11.1. The third-order valence-electron chi connectivity index (χ3n) is 10.9. The second kappa shape index (κ2) is 15.8. The molecule has 0 radical (unpaired) electrons. The van der Waals surface area contributed by atoms with Gasteiger partial charge in [0.1, 0.15) is 12.1 Å². The van der Waals surface area contributed by atoms with Gasteiger partial charge in [-0.2, -0.15) is 0 Å². The fourth-order valence-corrected chi connectivity index (χ4v) is 9.78. The molecule has 3 fully saturated rings. The van der Waals surface area contributed by atoms with Gasteiger partial charge in [-0.1, -0.05) is 85.4 Å². The number of likely N-dealkylation sites (tertiary alicyclic amines) is 1. The van der Waals surface area contributed by atoms with E-state index in [0.29, 0.717) is 25.8 Å². The van der Waals surface area contributed by atoms with Crippen LogP contribution in [0.25, 0.3) is 0 Å². The molecule has 5 atom stereocenters. The maximum Gasteiger partial charge on any atom is 0.315 e. The van der Waals surface area contributed by atoms with E-state index in [2.05, 4.69) is 27.2 Å². The molecule has 4 N–H and O–H groups in total. The Labute approximate surface area is 302 Å². The van der Waals surface area contributed by atoms with Gasteiger partial charge in [0.25, 0.3) is 5.91 Å². The first kappa shape index (κ1) is 39.9. The van der Waals surface area contributed by atoms with Crippen molar-refractivity contribution < 1.29 is 32.4 Å². The lowest BCUT2D eigenvalue weighted by Crippen LogP contribution is -2.63. The van der Waals surface area contributed by atoms with Crippen LogP contribution in [-0.2, 0) is 29.0 Å². The van der Waals surface area contributed by atoms with Crippen molar-refractivity contribution in [2.75, 3.05) is 18.8 Å². The molecule has 4 rings (SSSR count). The van der Waals surface area contributed by atoms with Crippen LogP contribution in [0.1, 0.15) is 92.9 Å². The minimum Gasteiger partial charge on any atom is -0.348 e. The van der Waals surface area contributed by atoms with Crippen molar-refractivity contribution in [3.8, 4) is 12.3 Å². The molecule has 51 heavy (non-hydrogen) atoms. The van der Waals surface area contributed by atoms with E-state index in [0.717, 1.165) is 19.3 Å². The zero-order valence-electron chi connectivity index (χ0n) is 30.8. The minimum atomic E-state index is -3.73. The number of urea groups is 1. The molecule has 1 unspecified atom stereocenters. The van der Waals surface area contributed by atoms with Gasteiger partial charge in [0.15, 0.2) is 9.84 Å². The van der Waals surface area contributed by atoms with E-state index >= 15 is 0 Å². The Balaban J connectivity index is 1.54. The SMILES string of the molecule is C#CCCNC(=O)C(=O)[C@@H](CCC)NC(=O)[C@@H]1[C@H]2C(CN1C(=O)[C@@H](NC(=O)NC1(CS(=O)(=O)c3ccccc3)CCCCC1)C(C)(C)C)C2(C)C. The van der Waals surface area contributed by atoms with E-state index in [9.17, 15) is 32.4 Å². The van der Waals surface area contributed by atoms with Gasteiger partial charge in [-0.25, -0.2) is 13.2 Å². The molecule has 0 bridgehead atoms. The van der Waals surface area contributed by atoms with Gasteiger partial charge in [-0.15, -0.1) is 12.3 Å². The normalized spacial score (nSPS) is 23.1. The molecule has 2 aliphatic carbocycles. The number of sulfone groups is 1. The van der Waals surface area contributed by atoms with Gasteiger partial charge >= 0.3 is 6.03 Å². The molecule has 2 saturated carbocycles. The fraction of sp³-hybridized carbons (Fsp3) is 0.658. The predicted molar refractivity (Wildman–Crippen MR) is 194 cm³/mol. The molecule has 5 amide bonds. The number of amides is 5. The van der Waals surface area contributed by atoms with Crippen molar-refractivity contribution in [2.45, 2.75) is 121 Å². The average molecular weight is 726 g/mol. The Morgan fingerprint density at radius 2 is 1.67 bits per heavy atom. The van der Waals surface area contributed by atoms with E-state index in [1.807, 2.05) is 41.5 Å². The van der Waals surface area contributed by atoms with Crippen LogP contribution in [0.3, 0.4) is 0 Å². The van der Waals surface area contributed by atoms with Gasteiger partial charge in [-0.3, -0.25) is 19.2 Å². The summed E-state index contributed by atoms with van der Waals surface area (Å²) in [5.41, 5.74) is -2.03. The Kier molecular flexibility index (Phi) is 12.3. The quantitative estimate of drug-likeness (QED) is 0.130. The number of hydrogen-bond acceptors (Lipinski definition) is 7. The molecule has 12 nitrogen and oxygen atoms in total. The summed E-state index contributed by atoms with van der Waals surface area (Å²) in [6, 6.07) is 4.47. The summed E-state index contributed by atoms with van der Waals surface area (Å²) in [6.45, 7) is 11.8. The van der Waals surface area contributed by atoms with Crippen molar-refractivity contribution in [1.82, 2.24) is 26.2 Å². The molecule has 1 heterocycles. The number of Topliss-reactive ketones (excluding diaryl/α,β-unsaturated/α-hetero) is 1. The molecule has 13 heteroatoms. The van der Waals surface area contributed by atoms with Crippen molar-refractivity contribution in [2.24, 2.45) is 22.7 Å². The maximum absolute atomic E-state index is 14.5. The first-order chi connectivity index (χ1) is 23.9. The lowest BCUT2D eigenvalue weighted by atomic mass is 9.83. The van der Waals surface area contributed by atoms with Crippen LogP contribution in [-0.4, -0.2) is 85.4 Å². The zero-order valence-corrected chi connectivity index (χ0v) is 31.7. The smallest absolute Gasteiger partial charge is 0.315 e. The number of hydrogen-bond donors (Lipinski definition) is 4. The van der Waals surface area contributed by atoms with Crippen LogP contribution in [0, 0.1) is 35.0 Å². The van der Waals surface area contributed by atoms with Gasteiger partial charge in [0.2, 0.25) is 17.6 Å². The highest BCUT2D eigenvalue weighted by Crippen LogP contribution is 2.65. The topological polar surface area (TPSA) is 171 Å². The first-order valence-electron chi connectivity index (χ1n) is 18.1. The number of carbonyl (C=O) groups is 5. The number of fused-ring (bicyclic) bond motifs is 1. The lowest BCUT2D eigenvalue weighted by molar-refractivity contribution is -0.145. The van der Waals surface area contributed by atoms with Crippen LogP contribution in [0.15, 0.2) is 35.2 Å². The van der Waals surface area contributed by atoms with Gasteiger partial charge in [0, 0.05) is 19.5 Å². The Hall–Kier alpha value is -3.92. The Morgan fingerprint density at radius 3 is 2.25 bits per heavy atom. The summed E-state index contributed by atoms with van der Waals surface area (Å²) in [6.07, 6.45) is 9.67. The Bertz CT molecular complexity index is 1620. The van der Waals surface area contributed by atoms with Crippen molar-refractivity contribution in [3.63, 3.8) is 0 Å². The Morgan fingerprint density at radius 1 is 1.02 bits per heavy atom. The molecule has 3 aliphatic rings. The summed E-state index contributed by atoms with van der Waals surface area (Å²) in [7, 11) is -3.73. The van der Waals surface area contributed by atoms with Crippen LogP contribution < -0.4 is 21.3 Å². The second-order valence-corrected chi connectivity index (χ2v) is 18.1. The first-order valence-corrected chi connectivity index (χ1v) is 19.8. The van der Waals surface area contributed by atoms with E-state index < -0.39 is 68.5 Å². The summed E-state index contributed by atoms with van der Waals surface area (Å²) in [5.74, 6) is -0.576. The fourth-order valence-electron chi connectivity index (χ4n) is 7.95. The number of benzene rings is 1. The molecule has 0 spiro atoms. The van der Waals surface area contributed by atoms with Crippen molar-refractivity contribution >= 4 is 39.4 Å². The molecule has 280 valence electrons. The van der Waals surface area contributed by atoms with Crippen LogP contribution in [0.2, 0.25) is 0 Å². The number of nitrogens with one attached hydrogen (secondary N) is 4.